The Morgan fingerprint density at radius 3 is 2.73 bits per heavy atom. The second-order valence-electron chi connectivity index (χ2n) is 5.63. The first kappa shape index (κ1) is 13.5. The van der Waals surface area contributed by atoms with Crippen LogP contribution in [0.1, 0.15) is 33.0 Å². The average molecular weight is 308 g/mol. The number of carbonyl (C=O) groups excluding carboxylic acids is 1. The molecule has 0 unspecified atom stereocenters. The molecule has 0 atom stereocenters. The molecule has 110 valence electrons. The highest BCUT2D eigenvalue weighted by molar-refractivity contribution is 7.14. The van der Waals surface area contributed by atoms with E-state index in [2.05, 4.69) is 0 Å². The lowest BCUT2D eigenvalue weighted by Crippen LogP contribution is -2.06. The second kappa shape index (κ2) is 5.58. The van der Waals surface area contributed by atoms with Gasteiger partial charge in [0.15, 0.2) is 0 Å². The number of carbonyl (C=O) groups is 1. The van der Waals surface area contributed by atoms with Crippen molar-refractivity contribution < 1.29 is 9.53 Å². The Labute approximate surface area is 133 Å². The highest BCUT2D eigenvalue weighted by atomic mass is 32.1. The van der Waals surface area contributed by atoms with Gasteiger partial charge in [-0.15, -0.1) is 11.3 Å². The fraction of sp³-hybridized carbons (Fsp3) is 0.211. The number of ether oxygens (including phenoxy) is 1. The van der Waals surface area contributed by atoms with Gasteiger partial charge in [0.2, 0.25) is 0 Å². The molecule has 1 aliphatic rings. The smallest absolute Gasteiger partial charge is 0.353 e. The number of thiophene rings is 1. The fourth-order valence-electron chi connectivity index (χ4n) is 3.03. The minimum Gasteiger partial charge on any atom is -0.422 e. The molecule has 0 saturated carbocycles. The van der Waals surface area contributed by atoms with Crippen LogP contribution in [0.15, 0.2) is 48.5 Å². The first-order chi connectivity index (χ1) is 10.8. The van der Waals surface area contributed by atoms with Crippen molar-refractivity contribution in [3.63, 3.8) is 0 Å². The third-order valence-corrected chi connectivity index (χ3v) is 5.37. The summed E-state index contributed by atoms with van der Waals surface area (Å²) in [6.07, 6.45) is 4.64. The molecule has 1 heterocycles. The van der Waals surface area contributed by atoms with Crippen molar-refractivity contribution >= 4 is 28.1 Å². The average Bonchev–Trinajstić information content (AvgIpc) is 2.99. The van der Waals surface area contributed by atoms with E-state index >= 15 is 0 Å². The summed E-state index contributed by atoms with van der Waals surface area (Å²) in [4.78, 5) is 14.5. The summed E-state index contributed by atoms with van der Waals surface area (Å²) in [5.41, 5.74) is 1.33. The highest BCUT2D eigenvalue weighted by Gasteiger charge is 2.19. The Hall–Kier alpha value is -2.13. The van der Waals surface area contributed by atoms with Gasteiger partial charge in [-0.2, -0.15) is 0 Å². The van der Waals surface area contributed by atoms with Crippen LogP contribution in [0, 0.1) is 0 Å². The van der Waals surface area contributed by atoms with Crippen molar-refractivity contribution in [2.45, 2.75) is 25.7 Å². The van der Waals surface area contributed by atoms with E-state index in [-0.39, 0.29) is 5.97 Å². The molecule has 1 aromatic heterocycles. The molecule has 3 heteroatoms. The van der Waals surface area contributed by atoms with Crippen LogP contribution in [0.3, 0.4) is 0 Å². The Balaban J connectivity index is 1.65. The highest BCUT2D eigenvalue weighted by Crippen LogP contribution is 2.31. The van der Waals surface area contributed by atoms with Crippen LogP contribution in [-0.4, -0.2) is 5.97 Å². The van der Waals surface area contributed by atoms with Crippen LogP contribution < -0.4 is 4.74 Å². The summed E-state index contributed by atoms with van der Waals surface area (Å²) >= 11 is 1.59. The van der Waals surface area contributed by atoms with E-state index < -0.39 is 0 Å². The normalized spacial score (nSPS) is 13.8. The van der Waals surface area contributed by atoms with Crippen molar-refractivity contribution in [1.82, 2.24) is 0 Å². The van der Waals surface area contributed by atoms with Crippen LogP contribution in [0.5, 0.6) is 5.75 Å². The minimum absolute atomic E-state index is 0.240. The summed E-state index contributed by atoms with van der Waals surface area (Å²) in [7, 11) is 0. The minimum atomic E-state index is -0.240. The zero-order valence-corrected chi connectivity index (χ0v) is 13.0. The molecular formula is C19H16O2S. The molecule has 0 saturated heterocycles. The molecule has 1 aliphatic carbocycles. The lowest BCUT2D eigenvalue weighted by Gasteiger charge is -2.08. The number of esters is 1. The van der Waals surface area contributed by atoms with Crippen molar-refractivity contribution in [2.75, 3.05) is 0 Å². The molecule has 3 aromatic rings. The number of fused-ring (bicyclic) bond motifs is 2. The summed E-state index contributed by atoms with van der Waals surface area (Å²) in [6, 6.07) is 15.8. The lowest BCUT2D eigenvalue weighted by atomic mass is 9.99. The van der Waals surface area contributed by atoms with Crippen molar-refractivity contribution in [1.29, 1.82) is 0 Å². The van der Waals surface area contributed by atoms with E-state index in [4.69, 9.17) is 4.74 Å². The van der Waals surface area contributed by atoms with Crippen LogP contribution in [0.4, 0.5) is 0 Å². The maximum Gasteiger partial charge on any atom is 0.353 e. The molecule has 0 spiro atoms. The predicted molar refractivity (Wildman–Crippen MR) is 89.9 cm³/mol. The van der Waals surface area contributed by atoms with Crippen LogP contribution >= 0.6 is 11.3 Å². The Morgan fingerprint density at radius 2 is 1.82 bits per heavy atom. The number of hydrogen-bond acceptors (Lipinski definition) is 3. The van der Waals surface area contributed by atoms with E-state index in [0.717, 1.165) is 28.5 Å². The van der Waals surface area contributed by atoms with Crippen LogP contribution in [-0.2, 0) is 12.8 Å². The molecule has 0 fully saturated rings. The van der Waals surface area contributed by atoms with E-state index in [1.54, 1.807) is 11.3 Å². The van der Waals surface area contributed by atoms with Crippen molar-refractivity contribution in [3.05, 3.63) is 63.8 Å². The summed E-state index contributed by atoms with van der Waals surface area (Å²) in [5.74, 6) is 0.394. The molecule has 22 heavy (non-hydrogen) atoms. The zero-order chi connectivity index (χ0) is 14.9. The van der Waals surface area contributed by atoms with Gasteiger partial charge in [0.25, 0.3) is 0 Å². The van der Waals surface area contributed by atoms with E-state index in [1.807, 2.05) is 48.5 Å². The Bertz CT molecular complexity index is 819. The van der Waals surface area contributed by atoms with Gasteiger partial charge in [-0.3, -0.25) is 0 Å². The van der Waals surface area contributed by atoms with Crippen LogP contribution in [0.25, 0.3) is 10.8 Å². The van der Waals surface area contributed by atoms with Gasteiger partial charge in [0, 0.05) is 10.3 Å². The first-order valence-electron chi connectivity index (χ1n) is 7.63. The second-order valence-corrected chi connectivity index (χ2v) is 6.77. The molecule has 0 radical (unpaired) electrons. The Morgan fingerprint density at radius 1 is 1.00 bits per heavy atom. The molecule has 0 bridgehead atoms. The van der Waals surface area contributed by atoms with E-state index in [1.165, 1.54) is 23.3 Å². The summed E-state index contributed by atoms with van der Waals surface area (Å²) in [5, 5.41) is 2.05. The fourth-order valence-corrected chi connectivity index (χ4v) is 4.16. The topological polar surface area (TPSA) is 26.3 Å². The van der Waals surface area contributed by atoms with Gasteiger partial charge < -0.3 is 4.74 Å². The monoisotopic (exact) mass is 308 g/mol. The molecular weight excluding hydrogens is 292 g/mol. The number of aryl methyl sites for hydroxylation is 2. The maximum atomic E-state index is 12.5. The van der Waals surface area contributed by atoms with Gasteiger partial charge >= 0.3 is 5.97 Å². The summed E-state index contributed by atoms with van der Waals surface area (Å²) in [6.45, 7) is 0. The zero-order valence-electron chi connectivity index (χ0n) is 12.2. The van der Waals surface area contributed by atoms with E-state index in [0.29, 0.717) is 5.75 Å². The molecule has 0 N–H and O–H groups in total. The van der Waals surface area contributed by atoms with Crippen LogP contribution in [0.2, 0.25) is 0 Å². The SMILES string of the molecule is O=C(Oc1cccc2ccccc12)c1cc2c(s1)CCCC2. The molecule has 4 rings (SSSR count). The number of rotatable bonds is 2. The number of hydrogen-bond donors (Lipinski definition) is 0. The molecule has 2 nitrogen and oxygen atoms in total. The van der Waals surface area contributed by atoms with Gasteiger partial charge in [0.1, 0.15) is 10.6 Å². The standard InChI is InChI=1S/C19H16O2S/c20-19(18-12-14-7-2-4-11-17(14)22-18)21-16-10-5-8-13-6-1-3-9-15(13)16/h1,3,5-6,8-10,12H,2,4,7,11H2. The van der Waals surface area contributed by atoms with Gasteiger partial charge in [-0.1, -0.05) is 36.4 Å². The van der Waals surface area contributed by atoms with Crippen molar-refractivity contribution in [3.8, 4) is 5.75 Å². The quantitative estimate of drug-likeness (QED) is 0.492. The van der Waals surface area contributed by atoms with E-state index in [9.17, 15) is 4.79 Å². The van der Waals surface area contributed by atoms with Gasteiger partial charge in [-0.25, -0.2) is 4.79 Å². The molecule has 2 aromatic carbocycles. The summed E-state index contributed by atoms with van der Waals surface area (Å²) < 4.78 is 5.66. The van der Waals surface area contributed by atoms with Gasteiger partial charge in [0.05, 0.1) is 0 Å². The predicted octanol–water partition coefficient (Wildman–Crippen LogP) is 5.00. The first-order valence-corrected chi connectivity index (χ1v) is 8.44. The largest absolute Gasteiger partial charge is 0.422 e. The van der Waals surface area contributed by atoms with Gasteiger partial charge in [-0.05, 0) is 48.8 Å². The maximum absolute atomic E-state index is 12.5. The Kier molecular flexibility index (Phi) is 3.43. The third kappa shape index (κ3) is 2.42. The molecule has 0 aliphatic heterocycles. The molecule has 0 amide bonds. The third-order valence-electron chi connectivity index (χ3n) is 4.15. The number of benzene rings is 2. The van der Waals surface area contributed by atoms with Crippen molar-refractivity contribution in [2.24, 2.45) is 0 Å². The lowest BCUT2D eigenvalue weighted by molar-refractivity contribution is 0.0742.